The molecule has 0 aromatic carbocycles. The van der Waals surface area contributed by atoms with Gasteiger partial charge < -0.3 is 5.11 Å². The van der Waals surface area contributed by atoms with E-state index in [9.17, 15) is 5.11 Å². The van der Waals surface area contributed by atoms with Crippen molar-refractivity contribution in [2.45, 2.75) is 51.0 Å². The lowest BCUT2D eigenvalue weighted by atomic mass is 9.59. The van der Waals surface area contributed by atoms with Gasteiger partial charge in [-0.25, -0.2) is 0 Å². The summed E-state index contributed by atoms with van der Waals surface area (Å²) in [5.74, 6) is 0.821. The van der Waals surface area contributed by atoms with Crippen LogP contribution in [0.3, 0.4) is 0 Å². The first-order valence-corrected chi connectivity index (χ1v) is 5.58. The van der Waals surface area contributed by atoms with Crippen LogP contribution in [0.1, 0.15) is 44.9 Å². The molecule has 0 aromatic rings. The van der Waals surface area contributed by atoms with Crippen molar-refractivity contribution in [2.75, 3.05) is 0 Å². The predicted octanol–water partition coefficient (Wildman–Crippen LogP) is 2.89. The Balaban J connectivity index is 2.16. The van der Waals surface area contributed by atoms with E-state index in [1.165, 1.54) is 32.1 Å². The molecule has 3 unspecified atom stereocenters. The normalized spacial score (nSPS) is 45.3. The third kappa shape index (κ3) is 1.54. The molecule has 0 aliphatic heterocycles. The van der Waals surface area contributed by atoms with Crippen LogP contribution in [0.25, 0.3) is 0 Å². The van der Waals surface area contributed by atoms with Gasteiger partial charge in [-0.05, 0) is 43.4 Å². The Morgan fingerprint density at radius 3 is 2.85 bits per heavy atom. The van der Waals surface area contributed by atoms with E-state index in [4.69, 9.17) is 0 Å². The van der Waals surface area contributed by atoms with E-state index < -0.39 is 0 Å². The summed E-state index contributed by atoms with van der Waals surface area (Å²) >= 11 is 0. The number of fused-ring (bicyclic) bond motifs is 1. The standard InChI is InChI=1S/C12H20O/c1-2-12-8-4-3-5-10(12)6-7-11(13)9-12/h2,10-11,13H,1,3-9H2. The molecule has 0 heterocycles. The number of rotatable bonds is 1. The fourth-order valence-corrected chi connectivity index (χ4v) is 3.32. The number of allylic oxidation sites excluding steroid dienone is 1. The number of hydrogen-bond donors (Lipinski definition) is 1. The maximum Gasteiger partial charge on any atom is 0.0548 e. The minimum atomic E-state index is -0.0626. The van der Waals surface area contributed by atoms with Crippen molar-refractivity contribution in [2.24, 2.45) is 11.3 Å². The number of hydrogen-bond acceptors (Lipinski definition) is 1. The van der Waals surface area contributed by atoms with Crippen LogP contribution in [0.4, 0.5) is 0 Å². The van der Waals surface area contributed by atoms with E-state index in [1.807, 2.05) is 0 Å². The van der Waals surface area contributed by atoms with Crippen molar-refractivity contribution in [1.29, 1.82) is 0 Å². The minimum absolute atomic E-state index is 0.0626. The zero-order valence-electron chi connectivity index (χ0n) is 8.34. The van der Waals surface area contributed by atoms with Gasteiger partial charge in [0.25, 0.3) is 0 Å². The molecule has 0 bridgehead atoms. The third-order valence-electron chi connectivity index (χ3n) is 4.13. The van der Waals surface area contributed by atoms with Gasteiger partial charge in [0.2, 0.25) is 0 Å². The lowest BCUT2D eigenvalue weighted by molar-refractivity contribution is 0.00570. The van der Waals surface area contributed by atoms with Crippen LogP contribution in [0.2, 0.25) is 0 Å². The van der Waals surface area contributed by atoms with Crippen LogP contribution < -0.4 is 0 Å². The Hall–Kier alpha value is -0.300. The van der Waals surface area contributed by atoms with Crippen molar-refractivity contribution >= 4 is 0 Å². The highest BCUT2D eigenvalue weighted by molar-refractivity contribution is 5.04. The van der Waals surface area contributed by atoms with Gasteiger partial charge in [0.1, 0.15) is 0 Å². The van der Waals surface area contributed by atoms with Crippen molar-refractivity contribution < 1.29 is 5.11 Å². The Kier molecular flexibility index (Phi) is 2.46. The summed E-state index contributed by atoms with van der Waals surface area (Å²) in [7, 11) is 0. The molecule has 2 fully saturated rings. The van der Waals surface area contributed by atoms with Crippen molar-refractivity contribution in [3.63, 3.8) is 0 Å². The molecule has 3 atom stereocenters. The second kappa shape index (κ2) is 3.45. The van der Waals surface area contributed by atoms with E-state index in [1.54, 1.807) is 0 Å². The zero-order chi connectivity index (χ0) is 9.31. The predicted molar refractivity (Wildman–Crippen MR) is 54.4 cm³/mol. The fraction of sp³-hybridized carbons (Fsp3) is 0.833. The Labute approximate surface area is 80.8 Å². The van der Waals surface area contributed by atoms with E-state index in [2.05, 4.69) is 12.7 Å². The van der Waals surface area contributed by atoms with Gasteiger partial charge in [0.15, 0.2) is 0 Å². The first kappa shape index (κ1) is 9.26. The van der Waals surface area contributed by atoms with Crippen molar-refractivity contribution in [1.82, 2.24) is 0 Å². The van der Waals surface area contributed by atoms with Gasteiger partial charge in [-0.2, -0.15) is 0 Å². The summed E-state index contributed by atoms with van der Waals surface area (Å²) in [5, 5.41) is 9.70. The molecular weight excluding hydrogens is 160 g/mol. The zero-order valence-corrected chi connectivity index (χ0v) is 8.34. The minimum Gasteiger partial charge on any atom is -0.393 e. The average molecular weight is 180 g/mol. The van der Waals surface area contributed by atoms with Crippen LogP contribution in [0, 0.1) is 11.3 Å². The monoisotopic (exact) mass is 180 g/mol. The molecule has 13 heavy (non-hydrogen) atoms. The van der Waals surface area contributed by atoms with Crippen molar-refractivity contribution in [3.05, 3.63) is 12.7 Å². The molecule has 0 saturated heterocycles. The summed E-state index contributed by atoms with van der Waals surface area (Å²) < 4.78 is 0. The van der Waals surface area contributed by atoms with Gasteiger partial charge in [-0.15, -0.1) is 6.58 Å². The Morgan fingerprint density at radius 2 is 2.08 bits per heavy atom. The van der Waals surface area contributed by atoms with Crippen LogP contribution >= 0.6 is 0 Å². The van der Waals surface area contributed by atoms with E-state index >= 15 is 0 Å². The largest absolute Gasteiger partial charge is 0.393 e. The number of aliphatic hydroxyl groups excluding tert-OH is 1. The third-order valence-corrected chi connectivity index (χ3v) is 4.13. The molecule has 2 rings (SSSR count). The Bertz CT molecular complexity index is 199. The maximum atomic E-state index is 9.70. The molecule has 2 saturated carbocycles. The van der Waals surface area contributed by atoms with E-state index in [0.29, 0.717) is 5.41 Å². The smallest absolute Gasteiger partial charge is 0.0548 e. The molecular formula is C12H20O. The molecule has 74 valence electrons. The van der Waals surface area contributed by atoms with Crippen LogP contribution in [-0.2, 0) is 0 Å². The number of aliphatic hydroxyl groups is 1. The van der Waals surface area contributed by atoms with Crippen molar-refractivity contribution in [3.8, 4) is 0 Å². The molecule has 2 aliphatic carbocycles. The lowest BCUT2D eigenvalue weighted by Crippen LogP contribution is -2.39. The van der Waals surface area contributed by atoms with Crippen LogP contribution in [0.5, 0.6) is 0 Å². The maximum absolute atomic E-state index is 9.70. The topological polar surface area (TPSA) is 20.2 Å². The molecule has 0 aromatic heterocycles. The summed E-state index contributed by atoms with van der Waals surface area (Å²) in [6, 6.07) is 0. The van der Waals surface area contributed by atoms with Gasteiger partial charge in [-0.1, -0.05) is 18.9 Å². The molecule has 1 N–H and O–H groups in total. The van der Waals surface area contributed by atoms with E-state index in [-0.39, 0.29) is 6.10 Å². The summed E-state index contributed by atoms with van der Waals surface area (Å²) in [5.41, 5.74) is 0.302. The van der Waals surface area contributed by atoms with Gasteiger partial charge in [0, 0.05) is 0 Å². The average Bonchev–Trinajstić information content (AvgIpc) is 2.17. The first-order chi connectivity index (χ1) is 6.27. The second-order valence-corrected chi connectivity index (χ2v) is 4.82. The van der Waals surface area contributed by atoms with E-state index in [0.717, 1.165) is 18.8 Å². The molecule has 0 spiro atoms. The SMILES string of the molecule is C=CC12CCCCC1CCC(O)C2. The fourth-order valence-electron chi connectivity index (χ4n) is 3.32. The van der Waals surface area contributed by atoms with Crippen LogP contribution in [0.15, 0.2) is 12.7 Å². The second-order valence-electron chi connectivity index (χ2n) is 4.82. The highest BCUT2D eigenvalue weighted by atomic mass is 16.3. The molecule has 1 nitrogen and oxygen atoms in total. The summed E-state index contributed by atoms with van der Waals surface area (Å²) in [6.07, 6.45) is 10.6. The molecule has 0 amide bonds. The molecule has 2 aliphatic rings. The Morgan fingerprint density at radius 1 is 1.23 bits per heavy atom. The first-order valence-electron chi connectivity index (χ1n) is 5.58. The summed E-state index contributed by atoms with van der Waals surface area (Å²) in [4.78, 5) is 0. The molecule has 1 heteroatoms. The highest BCUT2D eigenvalue weighted by Gasteiger charge is 2.42. The van der Waals surface area contributed by atoms with Gasteiger partial charge >= 0.3 is 0 Å². The van der Waals surface area contributed by atoms with Crippen LogP contribution in [-0.4, -0.2) is 11.2 Å². The van der Waals surface area contributed by atoms with Gasteiger partial charge in [-0.3, -0.25) is 0 Å². The van der Waals surface area contributed by atoms with Gasteiger partial charge in [0.05, 0.1) is 6.10 Å². The highest BCUT2D eigenvalue weighted by Crippen LogP contribution is 2.51. The summed E-state index contributed by atoms with van der Waals surface area (Å²) in [6.45, 7) is 3.98. The lowest BCUT2D eigenvalue weighted by Gasteiger charge is -2.47. The molecule has 0 radical (unpaired) electrons. The quantitative estimate of drug-likeness (QED) is 0.615.